The molecular weight excluding hydrogens is 436 g/mol. The van der Waals surface area contributed by atoms with Crippen LogP contribution < -0.4 is 11.0 Å². The Balaban J connectivity index is 1.40. The highest BCUT2D eigenvalue weighted by Gasteiger charge is 2.20. The summed E-state index contributed by atoms with van der Waals surface area (Å²) >= 11 is 1.46. The molecule has 1 fully saturated rings. The summed E-state index contributed by atoms with van der Waals surface area (Å²) in [5.74, 6) is -0.243. The Hall–Kier alpha value is -3.78. The number of likely N-dealkylation sites (tertiary alicyclic amines) is 1. The van der Waals surface area contributed by atoms with Gasteiger partial charge in [-0.15, -0.1) is 11.3 Å². The first-order valence-corrected chi connectivity index (χ1v) is 11.6. The van der Waals surface area contributed by atoms with E-state index in [1.807, 2.05) is 54.3 Å². The molecule has 3 heterocycles. The first kappa shape index (κ1) is 21.1. The summed E-state index contributed by atoms with van der Waals surface area (Å²) in [4.78, 5) is 45.8. The molecule has 2 amide bonds. The van der Waals surface area contributed by atoms with Gasteiger partial charge in [0, 0.05) is 35.5 Å². The Bertz CT molecular complexity index is 1410. The number of aromatic nitrogens is 2. The van der Waals surface area contributed by atoms with Gasteiger partial charge in [-0.05, 0) is 36.6 Å². The highest BCUT2D eigenvalue weighted by molar-refractivity contribution is 7.19. The van der Waals surface area contributed by atoms with Gasteiger partial charge in [0.05, 0.1) is 5.39 Å². The molecule has 0 unspecified atom stereocenters. The number of benzene rings is 2. The quantitative estimate of drug-likeness (QED) is 0.491. The zero-order valence-electron chi connectivity index (χ0n) is 18.1. The Morgan fingerprint density at radius 2 is 1.85 bits per heavy atom. The van der Waals surface area contributed by atoms with Crippen LogP contribution >= 0.6 is 11.3 Å². The topological polar surface area (TPSA) is 84.3 Å². The lowest BCUT2D eigenvalue weighted by Gasteiger charge is -2.15. The van der Waals surface area contributed by atoms with Gasteiger partial charge in [0.1, 0.15) is 11.2 Å². The number of carbonyl (C=O) groups excluding carboxylic acids is 2. The third kappa shape index (κ3) is 4.05. The molecule has 0 radical (unpaired) electrons. The van der Waals surface area contributed by atoms with Crippen molar-refractivity contribution in [2.75, 3.05) is 12.0 Å². The number of aryl methyl sites for hydroxylation is 1. The van der Waals surface area contributed by atoms with Crippen LogP contribution in [0.15, 0.2) is 65.7 Å². The number of amides is 2. The second kappa shape index (κ2) is 8.63. The minimum Gasteiger partial charge on any atom is -0.338 e. The van der Waals surface area contributed by atoms with E-state index < -0.39 is 5.91 Å². The number of fused-ring (bicyclic) bond motifs is 1. The van der Waals surface area contributed by atoms with Gasteiger partial charge < -0.3 is 4.90 Å². The van der Waals surface area contributed by atoms with Crippen LogP contribution in [0, 0.1) is 6.92 Å². The van der Waals surface area contributed by atoms with Crippen LogP contribution in [0.1, 0.15) is 33.6 Å². The van der Waals surface area contributed by atoms with E-state index >= 15 is 0 Å². The van der Waals surface area contributed by atoms with Crippen molar-refractivity contribution in [2.45, 2.75) is 26.3 Å². The maximum Gasteiger partial charge on any atom is 0.281 e. The number of thiophene rings is 1. The van der Waals surface area contributed by atoms with Crippen LogP contribution in [0.25, 0.3) is 21.3 Å². The first-order chi connectivity index (χ1) is 16.0. The zero-order valence-corrected chi connectivity index (χ0v) is 18.9. The maximum absolute atomic E-state index is 13.3. The van der Waals surface area contributed by atoms with Crippen LogP contribution in [0.3, 0.4) is 0 Å². The molecule has 2 aromatic carbocycles. The van der Waals surface area contributed by atoms with Crippen molar-refractivity contribution in [3.63, 3.8) is 0 Å². The van der Waals surface area contributed by atoms with Crippen molar-refractivity contribution in [2.24, 2.45) is 0 Å². The third-order valence-corrected chi connectivity index (χ3v) is 6.85. The zero-order chi connectivity index (χ0) is 22.9. The van der Waals surface area contributed by atoms with E-state index in [9.17, 15) is 14.4 Å². The summed E-state index contributed by atoms with van der Waals surface area (Å²) in [6.07, 6.45) is 2.84. The highest BCUT2D eigenvalue weighted by atomic mass is 32.1. The minimum absolute atomic E-state index is 0.164. The van der Waals surface area contributed by atoms with E-state index in [4.69, 9.17) is 0 Å². The molecule has 0 atom stereocenters. The second-order valence-corrected chi connectivity index (χ2v) is 9.26. The minimum atomic E-state index is -0.407. The molecule has 1 aliphatic rings. The largest absolute Gasteiger partial charge is 0.338 e. The Morgan fingerprint density at radius 1 is 1.09 bits per heavy atom. The van der Waals surface area contributed by atoms with Gasteiger partial charge in [0.15, 0.2) is 0 Å². The summed E-state index contributed by atoms with van der Waals surface area (Å²) in [7, 11) is 0. The van der Waals surface area contributed by atoms with E-state index in [-0.39, 0.29) is 11.5 Å². The normalized spacial score (nSPS) is 13.6. The van der Waals surface area contributed by atoms with E-state index in [0.717, 1.165) is 39.2 Å². The maximum atomic E-state index is 13.3. The fourth-order valence-corrected chi connectivity index (χ4v) is 5.16. The molecule has 33 heavy (non-hydrogen) atoms. The Labute approximate surface area is 194 Å². The molecule has 4 aromatic rings. The molecule has 8 heteroatoms. The van der Waals surface area contributed by atoms with Gasteiger partial charge in [-0.2, -0.15) is 0 Å². The summed E-state index contributed by atoms with van der Waals surface area (Å²) in [5.41, 5.74) is 5.50. The van der Waals surface area contributed by atoms with Gasteiger partial charge in [-0.1, -0.05) is 42.5 Å². The predicted molar refractivity (Wildman–Crippen MR) is 129 cm³/mol. The SMILES string of the molecule is Cc1sc2ncn(NC(=O)c3ccc(CN4CCCC4=O)cc3)c(=O)c2c1-c1ccccc1. The van der Waals surface area contributed by atoms with Crippen LogP contribution in [0.2, 0.25) is 0 Å². The average Bonchev–Trinajstić information content (AvgIpc) is 3.39. The summed E-state index contributed by atoms with van der Waals surface area (Å²) in [5, 5.41) is 0.497. The molecule has 0 bridgehead atoms. The van der Waals surface area contributed by atoms with E-state index in [1.54, 1.807) is 12.1 Å². The highest BCUT2D eigenvalue weighted by Crippen LogP contribution is 2.35. The van der Waals surface area contributed by atoms with Crippen molar-refractivity contribution >= 4 is 33.4 Å². The molecular formula is C25H22N4O3S. The molecule has 2 aromatic heterocycles. The van der Waals surface area contributed by atoms with Crippen molar-refractivity contribution in [1.29, 1.82) is 0 Å². The molecule has 7 nitrogen and oxygen atoms in total. The molecule has 1 N–H and O–H groups in total. The monoisotopic (exact) mass is 458 g/mol. The number of carbonyl (C=O) groups is 2. The molecule has 1 saturated heterocycles. The standard InChI is InChI=1S/C25H22N4O3S/c1-16-21(18-6-3-2-4-7-18)22-24(33-16)26-15-29(25(22)32)27-23(31)19-11-9-17(10-12-19)14-28-13-5-8-20(28)30/h2-4,6-7,9-12,15H,5,8,13-14H2,1H3,(H,27,31). The molecule has 0 spiro atoms. The van der Waals surface area contributed by atoms with E-state index in [0.29, 0.717) is 28.7 Å². The smallest absolute Gasteiger partial charge is 0.281 e. The van der Waals surface area contributed by atoms with E-state index in [2.05, 4.69) is 10.4 Å². The number of nitrogens with one attached hydrogen (secondary N) is 1. The number of hydrogen-bond acceptors (Lipinski definition) is 5. The van der Waals surface area contributed by atoms with Crippen LogP contribution in [-0.2, 0) is 11.3 Å². The molecule has 0 aliphatic carbocycles. The molecule has 166 valence electrons. The second-order valence-electron chi connectivity index (χ2n) is 8.06. The summed E-state index contributed by atoms with van der Waals surface area (Å²) in [6, 6.07) is 16.8. The fourth-order valence-electron chi connectivity index (χ4n) is 4.16. The Kier molecular flexibility index (Phi) is 5.51. The van der Waals surface area contributed by atoms with Gasteiger partial charge >= 0.3 is 0 Å². The van der Waals surface area contributed by atoms with Crippen molar-refractivity contribution in [3.05, 3.63) is 87.3 Å². The average molecular weight is 459 g/mol. The molecule has 1 aliphatic heterocycles. The Morgan fingerprint density at radius 3 is 2.55 bits per heavy atom. The van der Waals surface area contributed by atoms with E-state index in [1.165, 1.54) is 17.7 Å². The van der Waals surface area contributed by atoms with Gasteiger partial charge in [-0.3, -0.25) is 19.8 Å². The van der Waals surface area contributed by atoms with Crippen molar-refractivity contribution in [3.8, 4) is 11.1 Å². The van der Waals surface area contributed by atoms with Crippen molar-refractivity contribution < 1.29 is 9.59 Å². The van der Waals surface area contributed by atoms with Gasteiger partial charge in [0.2, 0.25) is 5.91 Å². The summed E-state index contributed by atoms with van der Waals surface area (Å²) in [6.45, 7) is 3.28. The van der Waals surface area contributed by atoms with Crippen LogP contribution in [-0.4, -0.2) is 32.9 Å². The predicted octanol–water partition coefficient (Wildman–Crippen LogP) is 3.94. The number of rotatable bonds is 5. The van der Waals surface area contributed by atoms with Crippen LogP contribution in [0.5, 0.6) is 0 Å². The first-order valence-electron chi connectivity index (χ1n) is 10.8. The lowest BCUT2D eigenvalue weighted by Crippen LogP contribution is -2.33. The van der Waals surface area contributed by atoms with Crippen LogP contribution in [0.4, 0.5) is 0 Å². The summed E-state index contributed by atoms with van der Waals surface area (Å²) < 4.78 is 1.14. The number of hydrogen-bond donors (Lipinski definition) is 1. The third-order valence-electron chi connectivity index (χ3n) is 5.83. The van der Waals surface area contributed by atoms with Gasteiger partial charge in [-0.25, -0.2) is 9.66 Å². The molecule has 5 rings (SSSR count). The lowest BCUT2D eigenvalue weighted by atomic mass is 10.0. The van der Waals surface area contributed by atoms with Gasteiger partial charge in [0.25, 0.3) is 11.5 Å². The fraction of sp³-hybridized carbons (Fsp3) is 0.200. The number of nitrogens with zero attached hydrogens (tertiary/aromatic N) is 3. The molecule has 0 saturated carbocycles. The van der Waals surface area contributed by atoms with Crippen molar-refractivity contribution in [1.82, 2.24) is 14.6 Å². The lowest BCUT2D eigenvalue weighted by molar-refractivity contribution is -0.128.